The number of hydrogen-bond acceptors (Lipinski definition) is 4. The number of aromatic nitrogens is 2. The van der Waals surface area contributed by atoms with E-state index < -0.39 is 0 Å². The minimum absolute atomic E-state index is 0.695. The van der Waals surface area contributed by atoms with Gasteiger partial charge in [-0.15, -0.1) is 0 Å². The van der Waals surface area contributed by atoms with Crippen molar-refractivity contribution in [1.82, 2.24) is 9.97 Å². The van der Waals surface area contributed by atoms with Crippen LogP contribution < -0.4 is 10.1 Å². The summed E-state index contributed by atoms with van der Waals surface area (Å²) >= 11 is 0. The third-order valence-corrected chi connectivity index (χ3v) is 3.37. The molecule has 0 unspecified atom stereocenters. The molecule has 0 amide bonds. The van der Waals surface area contributed by atoms with E-state index in [1.54, 1.807) is 0 Å². The van der Waals surface area contributed by atoms with Crippen LogP contribution in [-0.4, -0.2) is 23.1 Å². The Morgan fingerprint density at radius 3 is 2.89 bits per heavy atom. The van der Waals surface area contributed by atoms with Crippen molar-refractivity contribution in [3.63, 3.8) is 0 Å². The van der Waals surface area contributed by atoms with Crippen molar-refractivity contribution in [3.8, 4) is 5.88 Å². The van der Waals surface area contributed by atoms with Crippen molar-refractivity contribution < 1.29 is 4.74 Å². The van der Waals surface area contributed by atoms with Gasteiger partial charge in [0.25, 0.3) is 0 Å². The van der Waals surface area contributed by atoms with E-state index >= 15 is 0 Å². The van der Waals surface area contributed by atoms with Gasteiger partial charge in [0, 0.05) is 12.6 Å². The monoisotopic (exact) mass is 249 g/mol. The Morgan fingerprint density at radius 2 is 2.22 bits per heavy atom. The van der Waals surface area contributed by atoms with Gasteiger partial charge in [-0.2, -0.15) is 4.98 Å². The van der Waals surface area contributed by atoms with Crippen molar-refractivity contribution in [2.75, 3.05) is 18.5 Å². The van der Waals surface area contributed by atoms with Crippen LogP contribution in [0.3, 0.4) is 0 Å². The van der Waals surface area contributed by atoms with Gasteiger partial charge in [0.1, 0.15) is 11.6 Å². The second-order valence-corrected chi connectivity index (χ2v) is 5.00. The fourth-order valence-corrected chi connectivity index (χ4v) is 2.07. The maximum atomic E-state index is 5.72. The van der Waals surface area contributed by atoms with E-state index in [2.05, 4.69) is 22.2 Å². The summed E-state index contributed by atoms with van der Waals surface area (Å²) in [5.74, 6) is 3.20. The van der Waals surface area contributed by atoms with Crippen LogP contribution in [0, 0.1) is 12.8 Å². The molecule has 4 nitrogen and oxygen atoms in total. The predicted octanol–water partition coefficient (Wildman–Crippen LogP) is 3.18. The Bertz CT molecular complexity index is 377. The molecule has 1 saturated carbocycles. The predicted molar refractivity (Wildman–Crippen MR) is 73.0 cm³/mol. The highest BCUT2D eigenvalue weighted by molar-refractivity contribution is 5.38. The molecule has 0 saturated heterocycles. The number of rotatable bonds is 7. The fraction of sp³-hybridized carbons (Fsp3) is 0.714. The Labute approximate surface area is 109 Å². The van der Waals surface area contributed by atoms with Crippen LogP contribution in [0.15, 0.2) is 6.07 Å². The third kappa shape index (κ3) is 3.86. The van der Waals surface area contributed by atoms with Crippen molar-refractivity contribution >= 4 is 5.82 Å². The van der Waals surface area contributed by atoms with Crippen LogP contribution in [0.5, 0.6) is 5.88 Å². The maximum absolute atomic E-state index is 5.72. The molecule has 1 fully saturated rings. The van der Waals surface area contributed by atoms with Gasteiger partial charge in [-0.05, 0) is 25.7 Å². The molecule has 0 aromatic carbocycles. The van der Waals surface area contributed by atoms with Crippen LogP contribution in [0.4, 0.5) is 5.82 Å². The topological polar surface area (TPSA) is 47.0 Å². The second-order valence-electron chi connectivity index (χ2n) is 5.00. The summed E-state index contributed by atoms with van der Waals surface area (Å²) in [6.45, 7) is 5.74. The molecule has 18 heavy (non-hydrogen) atoms. The molecule has 0 radical (unpaired) electrons. The van der Waals surface area contributed by atoms with Crippen molar-refractivity contribution in [1.29, 1.82) is 0 Å². The summed E-state index contributed by atoms with van der Waals surface area (Å²) in [5, 5.41) is 3.27. The largest absolute Gasteiger partial charge is 0.478 e. The molecular weight excluding hydrogens is 226 g/mol. The number of nitrogens with one attached hydrogen (secondary N) is 1. The van der Waals surface area contributed by atoms with Crippen LogP contribution in [0.25, 0.3) is 0 Å². The average Bonchev–Trinajstić information content (AvgIpc) is 2.29. The van der Waals surface area contributed by atoms with Gasteiger partial charge >= 0.3 is 0 Å². The highest BCUT2D eigenvalue weighted by atomic mass is 16.5. The van der Waals surface area contributed by atoms with Crippen molar-refractivity contribution in [2.24, 2.45) is 5.92 Å². The molecule has 0 aliphatic heterocycles. The lowest BCUT2D eigenvalue weighted by Gasteiger charge is -2.24. The van der Waals surface area contributed by atoms with Crippen LogP contribution in [-0.2, 0) is 0 Å². The molecule has 1 aliphatic rings. The lowest BCUT2D eigenvalue weighted by Crippen LogP contribution is -2.15. The summed E-state index contributed by atoms with van der Waals surface area (Å²) in [4.78, 5) is 8.65. The number of aryl methyl sites for hydroxylation is 1. The standard InChI is InChI=1S/C14H23N3O/c1-3-8-15-13-10-14(17-11(2)16-13)18-9-7-12-5-4-6-12/h10,12H,3-9H2,1-2H3,(H,15,16,17). The van der Waals surface area contributed by atoms with Gasteiger partial charge in [-0.3, -0.25) is 0 Å². The first kappa shape index (κ1) is 13.1. The van der Waals surface area contributed by atoms with Crippen molar-refractivity contribution in [3.05, 3.63) is 11.9 Å². The third-order valence-electron chi connectivity index (χ3n) is 3.37. The molecule has 1 heterocycles. The highest BCUT2D eigenvalue weighted by Gasteiger charge is 2.17. The quantitative estimate of drug-likeness (QED) is 0.806. The molecule has 0 spiro atoms. The van der Waals surface area contributed by atoms with E-state index in [-0.39, 0.29) is 0 Å². The fourth-order valence-electron chi connectivity index (χ4n) is 2.07. The Hall–Kier alpha value is -1.32. The van der Waals surface area contributed by atoms with E-state index in [1.807, 2.05) is 13.0 Å². The van der Waals surface area contributed by atoms with Crippen LogP contribution in [0.2, 0.25) is 0 Å². The Morgan fingerprint density at radius 1 is 1.39 bits per heavy atom. The summed E-state index contributed by atoms with van der Waals surface area (Å²) in [6.07, 6.45) is 6.37. The first-order valence-corrected chi connectivity index (χ1v) is 7.00. The maximum Gasteiger partial charge on any atom is 0.218 e. The Balaban J connectivity index is 1.83. The summed E-state index contributed by atoms with van der Waals surface area (Å²) in [6, 6.07) is 1.89. The van der Waals surface area contributed by atoms with Gasteiger partial charge < -0.3 is 10.1 Å². The summed E-state index contributed by atoms with van der Waals surface area (Å²) < 4.78 is 5.72. The highest BCUT2D eigenvalue weighted by Crippen LogP contribution is 2.29. The molecule has 4 heteroatoms. The number of nitrogens with zero attached hydrogens (tertiary/aromatic N) is 2. The first-order chi connectivity index (χ1) is 8.78. The average molecular weight is 249 g/mol. The first-order valence-electron chi connectivity index (χ1n) is 7.00. The van der Waals surface area contributed by atoms with E-state index in [1.165, 1.54) is 19.3 Å². The molecule has 0 atom stereocenters. The van der Waals surface area contributed by atoms with E-state index in [0.717, 1.165) is 43.6 Å². The number of anilines is 1. The molecular formula is C14H23N3O. The zero-order valence-electron chi connectivity index (χ0n) is 11.4. The number of ether oxygens (including phenoxy) is 1. The molecule has 2 rings (SSSR count). The summed E-state index contributed by atoms with van der Waals surface area (Å²) in [7, 11) is 0. The molecule has 1 aliphatic carbocycles. The smallest absolute Gasteiger partial charge is 0.218 e. The lowest BCUT2D eigenvalue weighted by atomic mass is 9.83. The SMILES string of the molecule is CCCNc1cc(OCCC2CCC2)nc(C)n1. The van der Waals surface area contributed by atoms with E-state index in [9.17, 15) is 0 Å². The van der Waals surface area contributed by atoms with Crippen LogP contribution in [0.1, 0.15) is 44.9 Å². The van der Waals surface area contributed by atoms with Gasteiger partial charge in [0.2, 0.25) is 5.88 Å². The molecule has 1 aromatic rings. The van der Waals surface area contributed by atoms with Gasteiger partial charge in [-0.25, -0.2) is 4.98 Å². The lowest BCUT2D eigenvalue weighted by molar-refractivity contribution is 0.217. The molecule has 1 aromatic heterocycles. The van der Waals surface area contributed by atoms with E-state index in [4.69, 9.17) is 4.74 Å². The molecule has 0 bridgehead atoms. The number of hydrogen-bond donors (Lipinski definition) is 1. The minimum atomic E-state index is 0.695. The van der Waals surface area contributed by atoms with Gasteiger partial charge in [0.05, 0.1) is 6.61 Å². The Kier molecular flexibility index (Phi) is 4.79. The molecule has 1 N–H and O–H groups in total. The van der Waals surface area contributed by atoms with Gasteiger partial charge in [0.15, 0.2) is 0 Å². The summed E-state index contributed by atoms with van der Waals surface area (Å²) in [5.41, 5.74) is 0. The zero-order valence-corrected chi connectivity index (χ0v) is 11.4. The molecule has 100 valence electrons. The normalized spacial score (nSPS) is 15.2. The van der Waals surface area contributed by atoms with Gasteiger partial charge in [-0.1, -0.05) is 26.2 Å². The second kappa shape index (κ2) is 6.57. The van der Waals surface area contributed by atoms with Crippen LogP contribution >= 0.6 is 0 Å². The zero-order chi connectivity index (χ0) is 12.8. The van der Waals surface area contributed by atoms with Crippen molar-refractivity contribution in [2.45, 2.75) is 46.0 Å². The van der Waals surface area contributed by atoms with E-state index in [0.29, 0.717) is 5.88 Å². The minimum Gasteiger partial charge on any atom is -0.478 e.